The summed E-state index contributed by atoms with van der Waals surface area (Å²) in [6.07, 6.45) is 5.96. The zero-order valence-corrected chi connectivity index (χ0v) is 22.0. The van der Waals surface area contributed by atoms with Crippen molar-refractivity contribution in [2.45, 2.75) is 71.1 Å². The van der Waals surface area contributed by atoms with E-state index >= 15 is 0 Å². The molecule has 3 rings (SSSR count). The number of methoxy groups -OCH3 is 1. The quantitative estimate of drug-likeness (QED) is 0.267. The fourth-order valence-electron chi connectivity index (χ4n) is 4.64. The van der Waals surface area contributed by atoms with Crippen LogP contribution in [0.5, 0.6) is 5.75 Å². The summed E-state index contributed by atoms with van der Waals surface area (Å²) in [6, 6.07) is 5.56. The van der Waals surface area contributed by atoms with Crippen LogP contribution in [-0.4, -0.2) is 61.4 Å². The zero-order valence-electron chi connectivity index (χ0n) is 19.7. The Kier molecular flexibility index (Phi) is 11.0. The Labute approximate surface area is 209 Å². The molecule has 1 aromatic carbocycles. The van der Waals surface area contributed by atoms with E-state index in [4.69, 9.17) is 9.73 Å². The Morgan fingerprint density at radius 2 is 2.03 bits per heavy atom. The Balaban J connectivity index is 0.00000363. The number of halogens is 2. The molecule has 0 spiro atoms. The van der Waals surface area contributed by atoms with Crippen molar-refractivity contribution in [2.24, 2.45) is 10.4 Å². The number of rotatable bonds is 7. The molecule has 6 nitrogen and oxygen atoms in total. The maximum atomic E-state index is 14.0. The molecule has 1 aliphatic carbocycles. The van der Waals surface area contributed by atoms with Crippen molar-refractivity contribution >= 4 is 29.9 Å². The van der Waals surface area contributed by atoms with Gasteiger partial charge >= 0.3 is 0 Å². The molecule has 1 heterocycles. The van der Waals surface area contributed by atoms with Gasteiger partial charge in [0.25, 0.3) is 0 Å². The number of nitrogens with one attached hydrogen (secondary N) is 2. The lowest BCUT2D eigenvalue weighted by Gasteiger charge is -2.37. The van der Waals surface area contributed by atoms with E-state index in [9.17, 15) is 9.50 Å². The van der Waals surface area contributed by atoms with E-state index in [1.165, 1.54) is 13.5 Å². The van der Waals surface area contributed by atoms with Crippen LogP contribution in [-0.2, 0) is 6.54 Å². The average molecular weight is 563 g/mol. The van der Waals surface area contributed by atoms with Gasteiger partial charge in [0.1, 0.15) is 0 Å². The van der Waals surface area contributed by atoms with Crippen molar-refractivity contribution in [2.75, 3.05) is 33.3 Å². The minimum Gasteiger partial charge on any atom is -0.494 e. The maximum absolute atomic E-state index is 14.0. The van der Waals surface area contributed by atoms with Crippen LogP contribution in [0.25, 0.3) is 0 Å². The predicted octanol–water partition coefficient (Wildman–Crippen LogP) is 3.91. The summed E-state index contributed by atoms with van der Waals surface area (Å²) in [7, 11) is 1.48. The summed E-state index contributed by atoms with van der Waals surface area (Å²) in [5.41, 5.74) is 0.844. The number of aliphatic imine (C=N–C) groups is 1. The summed E-state index contributed by atoms with van der Waals surface area (Å²) in [6.45, 7) is 8.36. The lowest BCUT2D eigenvalue weighted by molar-refractivity contribution is 0.00715. The van der Waals surface area contributed by atoms with Gasteiger partial charge in [-0.2, -0.15) is 0 Å². The van der Waals surface area contributed by atoms with Gasteiger partial charge in [0.2, 0.25) is 0 Å². The minimum absolute atomic E-state index is 0. The fourth-order valence-corrected chi connectivity index (χ4v) is 4.64. The van der Waals surface area contributed by atoms with E-state index in [1.54, 1.807) is 12.1 Å². The van der Waals surface area contributed by atoms with Gasteiger partial charge in [-0.15, -0.1) is 24.0 Å². The van der Waals surface area contributed by atoms with Crippen molar-refractivity contribution in [1.82, 2.24) is 15.5 Å². The number of piperidine rings is 1. The van der Waals surface area contributed by atoms with Gasteiger partial charge in [-0.25, -0.2) is 4.39 Å². The third-order valence-corrected chi connectivity index (χ3v) is 6.77. The Hall–Kier alpha value is -1.13. The Morgan fingerprint density at radius 1 is 1.28 bits per heavy atom. The van der Waals surface area contributed by atoms with Crippen LogP contribution >= 0.6 is 24.0 Å². The maximum Gasteiger partial charge on any atom is 0.191 e. The first-order valence-electron chi connectivity index (χ1n) is 11.7. The summed E-state index contributed by atoms with van der Waals surface area (Å²) in [5, 5.41) is 17.4. The molecule has 1 aliphatic heterocycles. The van der Waals surface area contributed by atoms with E-state index < -0.39 is 0 Å². The number of aliphatic hydroxyl groups is 1. The second-order valence-electron chi connectivity index (χ2n) is 9.27. The normalized spacial score (nSPS) is 25.2. The summed E-state index contributed by atoms with van der Waals surface area (Å²) < 4.78 is 19.0. The molecule has 3 N–H and O–H groups in total. The van der Waals surface area contributed by atoms with Gasteiger partial charge in [-0.05, 0) is 50.3 Å². The van der Waals surface area contributed by atoms with Crippen LogP contribution in [0, 0.1) is 11.2 Å². The second kappa shape index (κ2) is 12.9. The molecule has 2 atom stereocenters. The number of aliphatic hydroxyl groups excluding tert-OH is 1. The van der Waals surface area contributed by atoms with Gasteiger partial charge in [0, 0.05) is 37.6 Å². The first-order valence-corrected chi connectivity index (χ1v) is 11.7. The molecule has 1 aromatic rings. The molecule has 8 heteroatoms. The fraction of sp³-hybridized carbons (Fsp3) is 0.708. The third kappa shape index (κ3) is 7.45. The molecular formula is C24H40FIN4O2. The molecule has 2 aliphatic rings. The minimum atomic E-state index is -0.306. The van der Waals surface area contributed by atoms with Crippen LogP contribution in [0.3, 0.4) is 0 Å². The number of ether oxygens (including phenoxy) is 1. The first kappa shape index (κ1) is 27.1. The van der Waals surface area contributed by atoms with Crippen LogP contribution in [0.4, 0.5) is 4.39 Å². The van der Waals surface area contributed by atoms with Crippen LogP contribution in [0.1, 0.15) is 57.9 Å². The summed E-state index contributed by atoms with van der Waals surface area (Å²) in [5.74, 6) is 0.827. The summed E-state index contributed by atoms with van der Waals surface area (Å²) >= 11 is 0. The highest BCUT2D eigenvalue weighted by Crippen LogP contribution is 2.36. The van der Waals surface area contributed by atoms with E-state index in [-0.39, 0.29) is 47.1 Å². The van der Waals surface area contributed by atoms with Gasteiger partial charge < -0.3 is 20.5 Å². The third-order valence-electron chi connectivity index (χ3n) is 6.77. The molecule has 2 unspecified atom stereocenters. The van der Waals surface area contributed by atoms with Crippen molar-refractivity contribution in [3.63, 3.8) is 0 Å². The highest BCUT2D eigenvalue weighted by Gasteiger charge is 2.35. The van der Waals surface area contributed by atoms with Crippen LogP contribution in [0.2, 0.25) is 0 Å². The smallest absolute Gasteiger partial charge is 0.191 e. The van der Waals surface area contributed by atoms with E-state index in [2.05, 4.69) is 29.4 Å². The molecule has 0 aromatic heterocycles. The Bertz CT molecular complexity index is 743. The largest absolute Gasteiger partial charge is 0.494 e. The monoisotopic (exact) mass is 562 g/mol. The molecule has 182 valence electrons. The zero-order chi connectivity index (χ0) is 22.3. The topological polar surface area (TPSA) is 69.1 Å². The lowest BCUT2D eigenvalue weighted by Crippen LogP contribution is -2.49. The van der Waals surface area contributed by atoms with Crippen molar-refractivity contribution in [1.29, 1.82) is 0 Å². The average Bonchev–Trinajstić information content (AvgIpc) is 2.76. The SMILES string of the molecule is CCNC(=NCC1(C)CCCCC1O)NC1CCN(Cc2ccc(OC)c(F)c2)CC1.I. The molecule has 0 amide bonds. The van der Waals surface area contributed by atoms with E-state index in [0.29, 0.717) is 12.6 Å². The number of nitrogens with zero attached hydrogens (tertiary/aromatic N) is 2. The molecular weight excluding hydrogens is 522 g/mol. The highest BCUT2D eigenvalue weighted by molar-refractivity contribution is 14.0. The first-order chi connectivity index (χ1) is 14.9. The molecule has 0 radical (unpaired) electrons. The van der Waals surface area contributed by atoms with Gasteiger partial charge in [0.05, 0.1) is 19.8 Å². The van der Waals surface area contributed by atoms with Crippen molar-refractivity contribution in [3.05, 3.63) is 29.6 Å². The van der Waals surface area contributed by atoms with E-state index in [1.807, 2.05) is 6.07 Å². The molecule has 1 saturated carbocycles. The number of hydrogen-bond acceptors (Lipinski definition) is 4. The van der Waals surface area contributed by atoms with Crippen LogP contribution in [0.15, 0.2) is 23.2 Å². The molecule has 32 heavy (non-hydrogen) atoms. The molecule has 1 saturated heterocycles. The molecule has 2 fully saturated rings. The highest BCUT2D eigenvalue weighted by atomic mass is 127. The van der Waals surface area contributed by atoms with Crippen molar-refractivity contribution < 1.29 is 14.2 Å². The number of guanidine groups is 1. The van der Waals surface area contributed by atoms with Crippen molar-refractivity contribution in [3.8, 4) is 5.75 Å². The van der Waals surface area contributed by atoms with Gasteiger partial charge in [-0.3, -0.25) is 9.89 Å². The number of likely N-dealkylation sites (tertiary alicyclic amines) is 1. The predicted molar refractivity (Wildman–Crippen MR) is 138 cm³/mol. The van der Waals surface area contributed by atoms with Crippen LogP contribution < -0.4 is 15.4 Å². The molecule has 0 bridgehead atoms. The number of benzene rings is 1. The lowest BCUT2D eigenvalue weighted by atomic mass is 9.73. The summed E-state index contributed by atoms with van der Waals surface area (Å²) in [4.78, 5) is 7.20. The van der Waals surface area contributed by atoms with Gasteiger partial charge in [-0.1, -0.05) is 25.8 Å². The Morgan fingerprint density at radius 3 is 2.66 bits per heavy atom. The second-order valence-corrected chi connectivity index (χ2v) is 9.27. The van der Waals surface area contributed by atoms with E-state index in [0.717, 1.165) is 69.8 Å². The standard InChI is InChI=1S/C24H39FN4O2.HI/c1-4-26-23(27-17-24(2)12-6-5-7-22(24)30)28-19-10-13-29(14-11-19)16-18-8-9-21(31-3)20(25)15-18;/h8-9,15,19,22,30H,4-7,10-14,16-17H2,1-3H3,(H2,26,27,28);1H. The number of hydrogen-bond donors (Lipinski definition) is 3. The van der Waals surface area contributed by atoms with Gasteiger partial charge in [0.15, 0.2) is 17.5 Å².